The normalized spacial score (nSPS) is 20.2. The Balaban J connectivity index is 1.42. The van der Waals surface area contributed by atoms with Crippen molar-refractivity contribution in [1.29, 1.82) is 0 Å². The summed E-state index contributed by atoms with van der Waals surface area (Å²) in [5.41, 5.74) is 2.39. The van der Waals surface area contributed by atoms with Crippen LogP contribution in [-0.2, 0) is 7.05 Å². The fraction of sp³-hybridized carbons (Fsp3) is 0.192. The number of para-hydroxylation sites is 2. The van der Waals surface area contributed by atoms with E-state index in [-0.39, 0.29) is 12.3 Å². The lowest BCUT2D eigenvalue weighted by molar-refractivity contribution is -0.645. The lowest BCUT2D eigenvalue weighted by atomic mass is 10.3. The van der Waals surface area contributed by atoms with Crippen LogP contribution in [-0.4, -0.2) is 12.3 Å². The van der Waals surface area contributed by atoms with Crippen molar-refractivity contribution in [3.8, 4) is 0 Å². The summed E-state index contributed by atoms with van der Waals surface area (Å²) in [7, 11) is 2.14. The van der Waals surface area contributed by atoms with Crippen LogP contribution in [0.1, 0.15) is 13.8 Å². The third-order valence-corrected chi connectivity index (χ3v) is 6.20. The third kappa shape index (κ3) is 3.32. The number of nitrogens with zero attached hydrogens (tertiary/aromatic N) is 5. The fourth-order valence-electron chi connectivity index (χ4n) is 4.47. The molecule has 1 aromatic heterocycles. The highest BCUT2D eigenvalue weighted by Crippen LogP contribution is 2.30. The highest BCUT2D eigenvalue weighted by Gasteiger charge is 2.34. The Morgan fingerprint density at radius 3 is 1.32 bits per heavy atom. The molecule has 0 unspecified atom stereocenters. The molecular weight excluding hydrogens is 382 g/mol. The zero-order chi connectivity index (χ0) is 21.4. The summed E-state index contributed by atoms with van der Waals surface area (Å²) in [5, 5.41) is 0. The molecule has 2 aliphatic rings. The molecule has 3 heterocycles. The largest absolute Gasteiger partial charge is 0.312 e. The first-order valence-corrected chi connectivity index (χ1v) is 10.7. The van der Waals surface area contributed by atoms with Crippen molar-refractivity contribution < 1.29 is 4.57 Å². The Labute approximate surface area is 184 Å². The minimum atomic E-state index is 0.191. The van der Waals surface area contributed by atoms with Crippen LogP contribution < -0.4 is 24.2 Å². The average Bonchev–Trinajstić information content (AvgIpc) is 3.38. The molecule has 5 heteroatoms. The first-order valence-electron chi connectivity index (χ1n) is 10.7. The molecule has 0 amide bonds. The zero-order valence-corrected chi connectivity index (χ0v) is 18.2. The van der Waals surface area contributed by atoms with Crippen LogP contribution in [0.15, 0.2) is 104 Å². The Hall–Kier alpha value is -3.73. The van der Waals surface area contributed by atoms with Crippen LogP contribution in [0.5, 0.6) is 0 Å². The molecule has 0 fully saturated rings. The van der Waals surface area contributed by atoms with E-state index in [4.69, 9.17) is 0 Å². The molecule has 2 aliphatic heterocycles. The molecule has 156 valence electrons. The summed E-state index contributed by atoms with van der Waals surface area (Å²) in [6.07, 6.45) is 9.02. The van der Waals surface area contributed by atoms with E-state index in [9.17, 15) is 0 Å². The van der Waals surface area contributed by atoms with Crippen molar-refractivity contribution in [2.75, 3.05) is 19.6 Å². The molecule has 5 nitrogen and oxygen atoms in total. The maximum Gasteiger partial charge on any atom is 0.229 e. The Morgan fingerprint density at radius 1 is 0.516 bits per heavy atom. The van der Waals surface area contributed by atoms with E-state index < -0.39 is 0 Å². The number of pyridine rings is 1. The van der Waals surface area contributed by atoms with Crippen molar-refractivity contribution in [3.63, 3.8) is 0 Å². The predicted octanol–water partition coefficient (Wildman–Crippen LogP) is 4.80. The highest BCUT2D eigenvalue weighted by atomic mass is 15.4. The molecule has 0 aliphatic carbocycles. The fourth-order valence-corrected chi connectivity index (χ4v) is 4.47. The van der Waals surface area contributed by atoms with Gasteiger partial charge in [0.05, 0.1) is 19.4 Å². The van der Waals surface area contributed by atoms with Gasteiger partial charge in [0, 0.05) is 35.9 Å². The number of anilines is 4. The van der Waals surface area contributed by atoms with Crippen molar-refractivity contribution in [2.45, 2.75) is 26.2 Å². The van der Waals surface area contributed by atoms with Crippen molar-refractivity contribution in [1.82, 2.24) is 0 Å². The van der Waals surface area contributed by atoms with Crippen LogP contribution in [0.4, 0.5) is 23.0 Å². The first-order chi connectivity index (χ1) is 15.1. The molecule has 31 heavy (non-hydrogen) atoms. The standard InChI is InChI=1S/C26H28N5/c1-21-28(23-11-6-4-7-12-23)17-19-30(21)25-15-10-16-26(27(25)3)31-20-18-29(22(31)2)24-13-8-5-9-14-24/h4-22H,1-3H3/q+1/t21-,22+. The molecule has 5 rings (SSSR count). The van der Waals surface area contributed by atoms with Gasteiger partial charge in [-0.25, -0.2) is 14.4 Å². The molecular formula is C26H28N5+. The first kappa shape index (κ1) is 19.2. The van der Waals surface area contributed by atoms with Gasteiger partial charge in [0.1, 0.15) is 0 Å². The van der Waals surface area contributed by atoms with E-state index in [0.29, 0.717) is 0 Å². The summed E-state index contributed by atoms with van der Waals surface area (Å²) in [4.78, 5) is 9.22. The van der Waals surface area contributed by atoms with Gasteiger partial charge >= 0.3 is 0 Å². The monoisotopic (exact) mass is 410 g/mol. The van der Waals surface area contributed by atoms with Gasteiger partial charge < -0.3 is 9.80 Å². The van der Waals surface area contributed by atoms with Gasteiger partial charge in [0.25, 0.3) is 0 Å². The quantitative estimate of drug-likeness (QED) is 0.575. The topological polar surface area (TPSA) is 16.8 Å². The molecule has 0 N–H and O–H groups in total. The highest BCUT2D eigenvalue weighted by molar-refractivity contribution is 5.60. The molecule has 0 saturated carbocycles. The van der Waals surface area contributed by atoms with Crippen molar-refractivity contribution in [2.24, 2.45) is 7.05 Å². The lowest BCUT2D eigenvalue weighted by Gasteiger charge is -2.29. The Morgan fingerprint density at radius 2 is 0.903 bits per heavy atom. The van der Waals surface area contributed by atoms with Crippen molar-refractivity contribution in [3.05, 3.63) is 104 Å². The van der Waals surface area contributed by atoms with E-state index >= 15 is 0 Å². The Kier molecular flexibility index (Phi) is 4.86. The third-order valence-electron chi connectivity index (χ3n) is 6.20. The van der Waals surface area contributed by atoms with Gasteiger partial charge in [-0.2, -0.15) is 0 Å². The molecule has 0 radical (unpaired) electrons. The minimum absolute atomic E-state index is 0.191. The lowest BCUT2D eigenvalue weighted by Crippen LogP contribution is -2.48. The average molecular weight is 411 g/mol. The minimum Gasteiger partial charge on any atom is -0.312 e. The van der Waals surface area contributed by atoms with E-state index in [1.165, 1.54) is 11.4 Å². The summed E-state index contributed by atoms with van der Waals surface area (Å²) in [6.45, 7) is 4.46. The number of hydrogen-bond acceptors (Lipinski definition) is 4. The zero-order valence-electron chi connectivity index (χ0n) is 18.2. The van der Waals surface area contributed by atoms with Gasteiger partial charge in [-0.15, -0.1) is 0 Å². The van der Waals surface area contributed by atoms with E-state index in [1.807, 2.05) is 0 Å². The van der Waals surface area contributed by atoms with Gasteiger partial charge in [0.15, 0.2) is 12.3 Å². The number of aromatic nitrogens is 1. The molecule has 0 saturated heterocycles. The summed E-state index contributed by atoms with van der Waals surface area (Å²) >= 11 is 0. The summed E-state index contributed by atoms with van der Waals surface area (Å²) in [6, 6.07) is 27.5. The molecule has 3 aromatic rings. The smallest absolute Gasteiger partial charge is 0.229 e. The van der Waals surface area contributed by atoms with Crippen LogP contribution in [0.25, 0.3) is 0 Å². The summed E-state index contributed by atoms with van der Waals surface area (Å²) in [5.74, 6) is 2.30. The van der Waals surface area contributed by atoms with E-state index in [2.05, 4.69) is 149 Å². The Bertz CT molecular complexity index is 1020. The van der Waals surface area contributed by atoms with Crippen LogP contribution in [0.3, 0.4) is 0 Å². The van der Waals surface area contributed by atoms with Crippen molar-refractivity contribution >= 4 is 23.0 Å². The second kappa shape index (κ2) is 7.84. The SMILES string of the molecule is C[C@@H]1N(c2ccccc2)C=CN1c1cccc(N2C=CN(c3ccccc3)[C@@H]2C)[n+]1C. The maximum absolute atomic E-state index is 2.32. The molecule has 0 spiro atoms. The van der Waals surface area contributed by atoms with E-state index in [0.717, 1.165) is 11.6 Å². The summed E-state index contributed by atoms with van der Waals surface area (Å²) < 4.78 is 2.27. The second-order valence-electron chi connectivity index (χ2n) is 7.96. The molecule has 2 aromatic carbocycles. The number of benzene rings is 2. The predicted molar refractivity (Wildman–Crippen MR) is 128 cm³/mol. The van der Waals surface area contributed by atoms with E-state index in [1.54, 1.807) is 0 Å². The van der Waals surface area contributed by atoms with Gasteiger partial charge in [-0.3, -0.25) is 0 Å². The van der Waals surface area contributed by atoms with Crippen LogP contribution in [0.2, 0.25) is 0 Å². The van der Waals surface area contributed by atoms with Crippen LogP contribution >= 0.6 is 0 Å². The van der Waals surface area contributed by atoms with Crippen LogP contribution in [0, 0.1) is 0 Å². The van der Waals surface area contributed by atoms with Gasteiger partial charge in [-0.1, -0.05) is 36.4 Å². The van der Waals surface area contributed by atoms with Gasteiger partial charge in [0.2, 0.25) is 11.6 Å². The molecule has 0 bridgehead atoms. The number of rotatable bonds is 4. The van der Waals surface area contributed by atoms with Gasteiger partial charge in [-0.05, 0) is 44.2 Å². The second-order valence-corrected chi connectivity index (χ2v) is 7.96. The number of hydrogen-bond donors (Lipinski definition) is 0. The molecule has 2 atom stereocenters. The maximum atomic E-state index is 2.32.